The summed E-state index contributed by atoms with van der Waals surface area (Å²) < 4.78 is 43.8. The molecular weight excluding hydrogens is 359 g/mol. The first-order chi connectivity index (χ1) is 12.7. The van der Waals surface area contributed by atoms with Crippen molar-refractivity contribution in [1.82, 2.24) is 10.2 Å². The maximum absolute atomic E-state index is 12.8. The predicted octanol–water partition coefficient (Wildman–Crippen LogP) is 2.57. The number of nitrogens with zero attached hydrogens (tertiary/aromatic N) is 1. The van der Waals surface area contributed by atoms with Crippen molar-refractivity contribution in [3.05, 3.63) is 35.4 Å². The first kappa shape index (κ1) is 21.7. The van der Waals surface area contributed by atoms with Crippen molar-refractivity contribution < 1.29 is 22.7 Å². The molecule has 1 amide bonds. The second kappa shape index (κ2) is 9.52. The monoisotopic (exact) mass is 387 g/mol. The van der Waals surface area contributed by atoms with Crippen LogP contribution in [0, 0.1) is 5.92 Å². The summed E-state index contributed by atoms with van der Waals surface area (Å²) in [6, 6.07) is 4.28. The number of nitrogens with one attached hydrogen (secondary N) is 1. The van der Waals surface area contributed by atoms with E-state index in [9.17, 15) is 18.0 Å². The number of nitrogens with two attached hydrogens (primary N) is 1. The summed E-state index contributed by atoms with van der Waals surface area (Å²) in [7, 11) is 0. The molecule has 1 aromatic carbocycles. The van der Waals surface area contributed by atoms with Gasteiger partial charge in [-0.15, -0.1) is 0 Å². The second-order valence-corrected chi connectivity index (χ2v) is 7.27. The van der Waals surface area contributed by atoms with Gasteiger partial charge in [-0.1, -0.05) is 26.0 Å². The molecule has 0 aliphatic carbocycles. The molecule has 152 valence electrons. The molecule has 1 fully saturated rings. The summed E-state index contributed by atoms with van der Waals surface area (Å²) >= 11 is 0. The Kier molecular flexibility index (Phi) is 7.64. The fourth-order valence-electron chi connectivity index (χ4n) is 3.18. The van der Waals surface area contributed by atoms with Gasteiger partial charge in [-0.05, 0) is 30.0 Å². The molecule has 0 bridgehead atoms. The Morgan fingerprint density at radius 3 is 2.33 bits per heavy atom. The van der Waals surface area contributed by atoms with E-state index in [1.807, 2.05) is 13.8 Å². The van der Waals surface area contributed by atoms with Crippen molar-refractivity contribution in [2.24, 2.45) is 11.7 Å². The van der Waals surface area contributed by atoms with E-state index in [4.69, 9.17) is 10.5 Å². The molecule has 2 atom stereocenters. The van der Waals surface area contributed by atoms with Crippen LogP contribution in [0.5, 0.6) is 0 Å². The van der Waals surface area contributed by atoms with E-state index < -0.39 is 17.8 Å². The van der Waals surface area contributed by atoms with Crippen LogP contribution in [0.4, 0.5) is 13.2 Å². The molecule has 1 heterocycles. The molecule has 1 aliphatic rings. The predicted molar refractivity (Wildman–Crippen MR) is 97.0 cm³/mol. The van der Waals surface area contributed by atoms with Crippen LogP contribution in [0.1, 0.15) is 37.4 Å². The quantitative estimate of drug-likeness (QED) is 0.755. The minimum absolute atomic E-state index is 0.230. The summed E-state index contributed by atoms with van der Waals surface area (Å²) in [5.74, 6) is 0.0598. The number of benzene rings is 1. The molecule has 8 heteroatoms. The van der Waals surface area contributed by atoms with E-state index in [1.54, 1.807) is 0 Å². The van der Waals surface area contributed by atoms with Crippen LogP contribution in [-0.4, -0.2) is 49.7 Å². The van der Waals surface area contributed by atoms with E-state index in [0.29, 0.717) is 38.6 Å². The van der Waals surface area contributed by atoms with Crippen molar-refractivity contribution in [2.75, 3.05) is 32.8 Å². The number of halogens is 3. The van der Waals surface area contributed by atoms with Crippen LogP contribution >= 0.6 is 0 Å². The van der Waals surface area contributed by atoms with E-state index in [0.717, 1.165) is 17.7 Å². The third-order valence-electron chi connectivity index (χ3n) is 4.64. The molecule has 5 nitrogen and oxygen atoms in total. The molecular formula is C19H28F3N3O2. The highest BCUT2D eigenvalue weighted by molar-refractivity contribution is 5.81. The number of morpholine rings is 1. The van der Waals surface area contributed by atoms with E-state index in [2.05, 4.69) is 10.2 Å². The summed E-state index contributed by atoms with van der Waals surface area (Å²) in [6.45, 7) is 6.68. The number of ether oxygens (including phenoxy) is 1. The maximum Gasteiger partial charge on any atom is 0.416 e. The standard InChI is InChI=1S/C19H28F3N3O2/c1-13(2)11-16(23)18(26)24-12-17(25-7-9-27-10-8-25)14-3-5-15(6-4-14)19(20,21)22/h3-6,13,16-17H,7-12,23H2,1-2H3,(H,24,26)/t16-,17?/m0/s1. The van der Waals surface area contributed by atoms with Crippen molar-refractivity contribution in [1.29, 1.82) is 0 Å². The fraction of sp³-hybridized carbons (Fsp3) is 0.632. The van der Waals surface area contributed by atoms with E-state index >= 15 is 0 Å². The number of carbonyl (C=O) groups excluding carboxylic acids is 1. The van der Waals surface area contributed by atoms with Crippen molar-refractivity contribution in [2.45, 2.75) is 38.5 Å². The molecule has 3 N–H and O–H groups in total. The normalized spacial score (nSPS) is 18.3. The lowest BCUT2D eigenvalue weighted by atomic mass is 10.0. The van der Waals surface area contributed by atoms with Crippen LogP contribution in [0.2, 0.25) is 0 Å². The average Bonchev–Trinajstić information content (AvgIpc) is 2.61. The Hall–Kier alpha value is -1.64. The zero-order valence-corrected chi connectivity index (χ0v) is 15.8. The van der Waals surface area contributed by atoms with Gasteiger partial charge in [0.05, 0.1) is 30.9 Å². The minimum atomic E-state index is -4.37. The van der Waals surface area contributed by atoms with Crippen LogP contribution in [0.3, 0.4) is 0 Å². The molecule has 1 unspecified atom stereocenters. The zero-order chi connectivity index (χ0) is 20.0. The number of carbonyl (C=O) groups is 1. The lowest BCUT2D eigenvalue weighted by Gasteiger charge is -2.35. The SMILES string of the molecule is CC(C)C[C@H](N)C(=O)NCC(c1ccc(C(F)(F)F)cc1)N1CCOCC1. The Bertz CT molecular complexity index is 599. The van der Waals surface area contributed by atoms with Crippen LogP contribution in [0.15, 0.2) is 24.3 Å². The highest BCUT2D eigenvalue weighted by Crippen LogP contribution is 2.31. The number of hydrogen-bond acceptors (Lipinski definition) is 4. The van der Waals surface area contributed by atoms with Crippen LogP contribution in [-0.2, 0) is 15.7 Å². The molecule has 1 aliphatic heterocycles. The Morgan fingerprint density at radius 2 is 1.81 bits per heavy atom. The zero-order valence-electron chi connectivity index (χ0n) is 15.8. The highest BCUT2D eigenvalue weighted by Gasteiger charge is 2.31. The van der Waals surface area contributed by atoms with Gasteiger partial charge in [-0.25, -0.2) is 0 Å². The third kappa shape index (κ3) is 6.48. The van der Waals surface area contributed by atoms with E-state index in [-0.39, 0.29) is 18.5 Å². The van der Waals surface area contributed by atoms with Gasteiger partial charge < -0.3 is 15.8 Å². The summed E-state index contributed by atoms with van der Waals surface area (Å²) in [5.41, 5.74) is 5.96. The van der Waals surface area contributed by atoms with Crippen molar-refractivity contribution in [3.8, 4) is 0 Å². The average molecular weight is 387 g/mol. The number of rotatable bonds is 7. The third-order valence-corrected chi connectivity index (χ3v) is 4.64. The lowest BCUT2D eigenvalue weighted by Crippen LogP contribution is -2.47. The van der Waals surface area contributed by atoms with Crippen molar-refractivity contribution >= 4 is 5.91 Å². The molecule has 27 heavy (non-hydrogen) atoms. The smallest absolute Gasteiger partial charge is 0.379 e. The molecule has 0 radical (unpaired) electrons. The van der Waals surface area contributed by atoms with Crippen molar-refractivity contribution in [3.63, 3.8) is 0 Å². The number of amides is 1. The van der Waals surface area contributed by atoms with Gasteiger partial charge in [0.15, 0.2) is 0 Å². The molecule has 0 aromatic heterocycles. The summed E-state index contributed by atoms with van der Waals surface area (Å²) in [4.78, 5) is 14.4. The molecule has 1 aromatic rings. The fourth-order valence-corrected chi connectivity index (χ4v) is 3.18. The second-order valence-electron chi connectivity index (χ2n) is 7.27. The Labute approximate surface area is 158 Å². The van der Waals surface area contributed by atoms with Gasteiger partial charge in [0.1, 0.15) is 0 Å². The number of alkyl halides is 3. The van der Waals surface area contributed by atoms with Gasteiger partial charge in [-0.2, -0.15) is 13.2 Å². The summed E-state index contributed by atoms with van der Waals surface area (Å²) in [5, 5.41) is 2.86. The topological polar surface area (TPSA) is 67.6 Å². The van der Waals surface area contributed by atoms with Gasteiger partial charge in [0.25, 0.3) is 0 Å². The Morgan fingerprint density at radius 1 is 1.22 bits per heavy atom. The first-order valence-electron chi connectivity index (χ1n) is 9.20. The summed E-state index contributed by atoms with van der Waals surface area (Å²) in [6.07, 6.45) is -3.79. The van der Waals surface area contributed by atoms with Crippen LogP contribution in [0.25, 0.3) is 0 Å². The Balaban J connectivity index is 2.10. The molecule has 1 saturated heterocycles. The molecule has 2 rings (SSSR count). The van der Waals surface area contributed by atoms with Crippen LogP contribution < -0.4 is 11.1 Å². The highest BCUT2D eigenvalue weighted by atomic mass is 19.4. The number of hydrogen-bond donors (Lipinski definition) is 2. The first-order valence-corrected chi connectivity index (χ1v) is 9.20. The van der Waals surface area contributed by atoms with Gasteiger partial charge in [0, 0.05) is 19.6 Å². The minimum Gasteiger partial charge on any atom is -0.379 e. The van der Waals surface area contributed by atoms with Gasteiger partial charge in [-0.3, -0.25) is 9.69 Å². The van der Waals surface area contributed by atoms with Gasteiger partial charge in [0.2, 0.25) is 5.91 Å². The van der Waals surface area contributed by atoms with E-state index in [1.165, 1.54) is 12.1 Å². The molecule has 0 spiro atoms. The lowest BCUT2D eigenvalue weighted by molar-refractivity contribution is -0.137. The van der Waals surface area contributed by atoms with Gasteiger partial charge >= 0.3 is 6.18 Å². The largest absolute Gasteiger partial charge is 0.416 e. The molecule has 0 saturated carbocycles. The maximum atomic E-state index is 12.8.